The molecule has 2 nitrogen and oxygen atoms in total. The van der Waals surface area contributed by atoms with E-state index in [1.807, 2.05) is 0 Å². The van der Waals surface area contributed by atoms with Gasteiger partial charge in [-0.15, -0.1) is 0 Å². The summed E-state index contributed by atoms with van der Waals surface area (Å²) in [4.78, 5) is 1.57. The molecule has 1 aliphatic rings. The number of hydrogen-bond donors (Lipinski definition) is 1. The minimum absolute atomic E-state index is 0.0870. The van der Waals surface area contributed by atoms with Crippen LogP contribution in [0.3, 0.4) is 0 Å². The van der Waals surface area contributed by atoms with E-state index in [4.69, 9.17) is 5.73 Å². The normalized spacial score (nSPS) is 24.4. The lowest BCUT2D eigenvalue weighted by Crippen LogP contribution is -2.44. The third-order valence-corrected chi connectivity index (χ3v) is 2.87. The zero-order valence-corrected chi connectivity index (χ0v) is 8.89. The maximum atomic E-state index is 12.3. The van der Waals surface area contributed by atoms with E-state index in [1.165, 1.54) is 0 Å². The summed E-state index contributed by atoms with van der Waals surface area (Å²) in [7, 11) is 0. The standard InChI is InChI=1S/C10H19F3N2/c11-10(12,13)8-15-7-2-1-4-9(15)5-3-6-14/h9H,1-8,14H2. The third kappa shape index (κ3) is 4.84. The molecule has 1 fully saturated rings. The lowest BCUT2D eigenvalue weighted by atomic mass is 9.98. The summed E-state index contributed by atoms with van der Waals surface area (Å²) in [5, 5.41) is 0. The van der Waals surface area contributed by atoms with E-state index in [1.54, 1.807) is 4.90 Å². The minimum atomic E-state index is -4.07. The molecule has 0 aromatic carbocycles. The van der Waals surface area contributed by atoms with Crippen molar-refractivity contribution in [3.63, 3.8) is 0 Å². The maximum Gasteiger partial charge on any atom is 0.401 e. The Morgan fingerprint density at radius 1 is 1.27 bits per heavy atom. The van der Waals surface area contributed by atoms with Crippen molar-refractivity contribution in [2.24, 2.45) is 5.73 Å². The van der Waals surface area contributed by atoms with Crippen molar-refractivity contribution >= 4 is 0 Å². The molecule has 2 N–H and O–H groups in total. The Bertz CT molecular complexity index is 182. The lowest BCUT2D eigenvalue weighted by molar-refractivity contribution is -0.153. The summed E-state index contributed by atoms with van der Waals surface area (Å²) in [6.45, 7) is 0.382. The zero-order chi connectivity index (χ0) is 11.3. The van der Waals surface area contributed by atoms with Gasteiger partial charge in [0.05, 0.1) is 6.54 Å². The van der Waals surface area contributed by atoms with E-state index in [2.05, 4.69) is 0 Å². The molecule has 0 spiro atoms. The van der Waals surface area contributed by atoms with Gasteiger partial charge in [-0.05, 0) is 38.8 Å². The first kappa shape index (κ1) is 12.8. The van der Waals surface area contributed by atoms with Gasteiger partial charge in [0, 0.05) is 6.04 Å². The molecule has 1 rings (SSSR count). The van der Waals surface area contributed by atoms with Gasteiger partial charge in [0.25, 0.3) is 0 Å². The van der Waals surface area contributed by atoms with Crippen LogP contribution in [0.4, 0.5) is 13.2 Å². The van der Waals surface area contributed by atoms with Gasteiger partial charge in [0.1, 0.15) is 0 Å². The molecule has 0 bridgehead atoms. The van der Waals surface area contributed by atoms with Crippen LogP contribution in [0.15, 0.2) is 0 Å². The molecule has 0 amide bonds. The topological polar surface area (TPSA) is 29.3 Å². The number of nitrogens with zero attached hydrogens (tertiary/aromatic N) is 1. The smallest absolute Gasteiger partial charge is 0.330 e. The Balaban J connectivity index is 2.42. The molecule has 0 saturated carbocycles. The highest BCUT2D eigenvalue weighted by molar-refractivity contribution is 4.78. The molecule has 0 aromatic rings. The van der Waals surface area contributed by atoms with Crippen LogP contribution in [0.25, 0.3) is 0 Å². The highest BCUT2D eigenvalue weighted by atomic mass is 19.4. The van der Waals surface area contributed by atoms with Gasteiger partial charge in [-0.1, -0.05) is 6.42 Å². The van der Waals surface area contributed by atoms with Crippen LogP contribution < -0.4 is 5.73 Å². The first-order valence-electron chi connectivity index (χ1n) is 5.54. The molecule has 1 unspecified atom stereocenters. The molecule has 0 aliphatic carbocycles. The summed E-state index contributed by atoms with van der Waals surface area (Å²) in [6.07, 6.45) is 0.360. The van der Waals surface area contributed by atoms with Gasteiger partial charge in [-0.3, -0.25) is 4.90 Å². The second kappa shape index (κ2) is 5.70. The number of halogens is 3. The average Bonchev–Trinajstić information content (AvgIpc) is 2.14. The van der Waals surface area contributed by atoms with Crippen molar-refractivity contribution in [2.45, 2.75) is 44.3 Å². The molecule has 1 saturated heterocycles. The summed E-state index contributed by atoms with van der Waals surface area (Å²) >= 11 is 0. The highest BCUT2D eigenvalue weighted by Gasteiger charge is 2.34. The fourth-order valence-corrected chi connectivity index (χ4v) is 2.18. The van der Waals surface area contributed by atoms with Crippen LogP contribution in [-0.2, 0) is 0 Å². The number of hydrogen-bond acceptors (Lipinski definition) is 2. The van der Waals surface area contributed by atoms with Crippen molar-refractivity contribution in [3.8, 4) is 0 Å². The number of likely N-dealkylation sites (tertiary alicyclic amines) is 1. The van der Waals surface area contributed by atoms with Gasteiger partial charge >= 0.3 is 6.18 Å². The predicted molar refractivity (Wildman–Crippen MR) is 53.6 cm³/mol. The Kier molecular flexibility index (Phi) is 4.86. The Morgan fingerprint density at radius 3 is 2.60 bits per heavy atom. The Labute approximate surface area is 88.6 Å². The summed E-state index contributed by atoms with van der Waals surface area (Å²) in [6, 6.07) is 0.0870. The second-order valence-electron chi connectivity index (χ2n) is 4.17. The van der Waals surface area contributed by atoms with E-state index in [9.17, 15) is 13.2 Å². The Hall–Kier alpha value is -0.290. The maximum absolute atomic E-state index is 12.3. The van der Waals surface area contributed by atoms with Crippen molar-refractivity contribution in [1.82, 2.24) is 4.90 Å². The van der Waals surface area contributed by atoms with Crippen molar-refractivity contribution in [1.29, 1.82) is 0 Å². The highest BCUT2D eigenvalue weighted by Crippen LogP contribution is 2.25. The quantitative estimate of drug-likeness (QED) is 0.792. The monoisotopic (exact) mass is 224 g/mol. The van der Waals surface area contributed by atoms with E-state index < -0.39 is 12.7 Å². The van der Waals surface area contributed by atoms with Gasteiger partial charge in [0.15, 0.2) is 0 Å². The van der Waals surface area contributed by atoms with E-state index in [0.717, 1.165) is 32.1 Å². The van der Waals surface area contributed by atoms with E-state index in [0.29, 0.717) is 13.1 Å². The minimum Gasteiger partial charge on any atom is -0.330 e. The fraction of sp³-hybridized carbons (Fsp3) is 1.00. The molecule has 0 radical (unpaired) electrons. The Morgan fingerprint density at radius 2 is 2.00 bits per heavy atom. The summed E-state index contributed by atoms with van der Waals surface area (Å²) < 4.78 is 36.8. The molecular formula is C10H19F3N2. The van der Waals surface area contributed by atoms with Crippen LogP contribution >= 0.6 is 0 Å². The van der Waals surface area contributed by atoms with Gasteiger partial charge in [-0.2, -0.15) is 13.2 Å². The predicted octanol–water partition coefficient (Wildman–Crippen LogP) is 2.14. The summed E-state index contributed by atoms with van der Waals surface area (Å²) in [5.41, 5.74) is 5.38. The molecular weight excluding hydrogens is 205 g/mol. The van der Waals surface area contributed by atoms with Crippen molar-refractivity contribution in [3.05, 3.63) is 0 Å². The van der Waals surface area contributed by atoms with Crippen LogP contribution in [0.1, 0.15) is 32.1 Å². The van der Waals surface area contributed by atoms with Gasteiger partial charge < -0.3 is 5.73 Å². The second-order valence-corrected chi connectivity index (χ2v) is 4.17. The number of nitrogens with two attached hydrogens (primary N) is 1. The molecule has 1 atom stereocenters. The van der Waals surface area contributed by atoms with Crippen LogP contribution in [0.2, 0.25) is 0 Å². The molecule has 15 heavy (non-hydrogen) atoms. The van der Waals surface area contributed by atoms with Crippen molar-refractivity contribution < 1.29 is 13.2 Å². The summed E-state index contributed by atoms with van der Waals surface area (Å²) in [5.74, 6) is 0. The van der Waals surface area contributed by atoms with Gasteiger partial charge in [-0.25, -0.2) is 0 Å². The molecule has 90 valence electrons. The number of alkyl halides is 3. The number of piperidine rings is 1. The largest absolute Gasteiger partial charge is 0.401 e. The van der Waals surface area contributed by atoms with Gasteiger partial charge in [0.2, 0.25) is 0 Å². The molecule has 0 aromatic heterocycles. The van der Waals surface area contributed by atoms with Crippen LogP contribution in [0, 0.1) is 0 Å². The fourth-order valence-electron chi connectivity index (χ4n) is 2.18. The SMILES string of the molecule is NCCCC1CCCCN1CC(F)(F)F. The third-order valence-electron chi connectivity index (χ3n) is 2.87. The van der Waals surface area contributed by atoms with Crippen molar-refractivity contribution in [2.75, 3.05) is 19.6 Å². The van der Waals surface area contributed by atoms with E-state index in [-0.39, 0.29) is 6.04 Å². The van der Waals surface area contributed by atoms with Crippen LogP contribution in [0.5, 0.6) is 0 Å². The van der Waals surface area contributed by atoms with Crippen LogP contribution in [-0.4, -0.2) is 36.8 Å². The zero-order valence-electron chi connectivity index (χ0n) is 8.89. The van der Waals surface area contributed by atoms with E-state index >= 15 is 0 Å². The molecule has 1 heterocycles. The first-order valence-corrected chi connectivity index (χ1v) is 5.54. The first-order chi connectivity index (χ1) is 7.03. The lowest BCUT2D eigenvalue weighted by Gasteiger charge is -2.36. The average molecular weight is 224 g/mol. The number of rotatable bonds is 4. The molecule has 1 aliphatic heterocycles. The molecule has 5 heteroatoms.